The molecule has 0 saturated carbocycles. The molecule has 114 valence electrons. The molecule has 0 bridgehead atoms. The van der Waals surface area contributed by atoms with Gasteiger partial charge in [0.2, 0.25) is 0 Å². The Labute approximate surface area is 118 Å². The highest BCUT2D eigenvalue weighted by Gasteiger charge is 2.31. The molecular formula is C15H32N2O2. The molecule has 1 unspecified atom stereocenters. The number of esters is 1. The van der Waals surface area contributed by atoms with Gasteiger partial charge in [0.1, 0.15) is 5.54 Å². The maximum Gasteiger partial charge on any atom is 0.325 e. The fraction of sp³-hybridized carbons (Fsp3) is 0.933. The van der Waals surface area contributed by atoms with Crippen molar-refractivity contribution in [2.75, 3.05) is 34.3 Å². The summed E-state index contributed by atoms with van der Waals surface area (Å²) >= 11 is 0. The van der Waals surface area contributed by atoms with E-state index in [2.05, 4.69) is 24.2 Å². The Morgan fingerprint density at radius 2 is 1.79 bits per heavy atom. The molecule has 1 atom stereocenters. The highest BCUT2D eigenvalue weighted by molar-refractivity contribution is 5.80. The monoisotopic (exact) mass is 272 g/mol. The number of carbonyl (C=O) groups is 1. The van der Waals surface area contributed by atoms with Gasteiger partial charge in [-0.15, -0.1) is 0 Å². The summed E-state index contributed by atoms with van der Waals surface area (Å²) in [5.41, 5.74) is -0.546. The summed E-state index contributed by atoms with van der Waals surface area (Å²) in [6, 6.07) is 0. The second-order valence-corrected chi connectivity index (χ2v) is 5.54. The van der Waals surface area contributed by atoms with Crippen LogP contribution in [0.2, 0.25) is 0 Å². The first-order chi connectivity index (χ1) is 9.00. The van der Waals surface area contributed by atoms with Crippen LogP contribution in [-0.2, 0) is 9.53 Å². The summed E-state index contributed by atoms with van der Waals surface area (Å²) in [4.78, 5) is 14.1. The molecule has 0 spiro atoms. The summed E-state index contributed by atoms with van der Waals surface area (Å²) in [6.07, 6.45) is 6.84. The van der Waals surface area contributed by atoms with Crippen molar-refractivity contribution in [3.63, 3.8) is 0 Å². The summed E-state index contributed by atoms with van der Waals surface area (Å²) in [5.74, 6) is -0.175. The second-order valence-electron chi connectivity index (χ2n) is 5.54. The number of nitrogens with one attached hydrogen (secondary N) is 1. The molecule has 1 N–H and O–H groups in total. The van der Waals surface area contributed by atoms with Gasteiger partial charge in [0.15, 0.2) is 0 Å². The number of likely N-dealkylation sites (N-methyl/N-ethyl adjacent to an activating group) is 1. The first-order valence-corrected chi connectivity index (χ1v) is 7.46. The van der Waals surface area contributed by atoms with Crippen molar-refractivity contribution in [3.05, 3.63) is 0 Å². The largest absolute Gasteiger partial charge is 0.468 e. The van der Waals surface area contributed by atoms with Crippen LogP contribution in [0.3, 0.4) is 0 Å². The molecule has 0 fully saturated rings. The third kappa shape index (κ3) is 7.53. The number of nitrogens with zero attached hydrogens (tertiary/aromatic N) is 1. The molecule has 0 aliphatic heterocycles. The zero-order valence-electron chi connectivity index (χ0n) is 13.4. The van der Waals surface area contributed by atoms with E-state index in [1.807, 2.05) is 14.0 Å². The minimum absolute atomic E-state index is 0.175. The van der Waals surface area contributed by atoms with Crippen LogP contribution in [0.25, 0.3) is 0 Å². The van der Waals surface area contributed by atoms with Gasteiger partial charge in [0.05, 0.1) is 7.11 Å². The van der Waals surface area contributed by atoms with Gasteiger partial charge in [-0.05, 0) is 59.8 Å². The van der Waals surface area contributed by atoms with E-state index in [4.69, 9.17) is 4.74 Å². The lowest BCUT2D eigenvalue weighted by Gasteiger charge is -2.26. The van der Waals surface area contributed by atoms with Gasteiger partial charge in [0, 0.05) is 0 Å². The molecule has 0 saturated heterocycles. The van der Waals surface area contributed by atoms with Crippen LogP contribution in [0, 0.1) is 0 Å². The molecule has 0 rings (SSSR count). The first-order valence-electron chi connectivity index (χ1n) is 7.46. The summed E-state index contributed by atoms with van der Waals surface area (Å²) in [5, 5.41) is 3.07. The Bertz CT molecular complexity index is 246. The normalized spacial score (nSPS) is 14.4. The van der Waals surface area contributed by atoms with Gasteiger partial charge < -0.3 is 15.0 Å². The van der Waals surface area contributed by atoms with E-state index >= 15 is 0 Å². The van der Waals surface area contributed by atoms with Crippen molar-refractivity contribution in [1.82, 2.24) is 10.2 Å². The van der Waals surface area contributed by atoms with Crippen LogP contribution in [0.4, 0.5) is 0 Å². The minimum Gasteiger partial charge on any atom is -0.468 e. The number of carbonyl (C=O) groups excluding carboxylic acids is 1. The molecule has 0 aliphatic rings. The maximum atomic E-state index is 11.7. The number of unbranched alkanes of at least 4 members (excludes halogenated alkanes) is 3. The van der Waals surface area contributed by atoms with Gasteiger partial charge in [-0.2, -0.15) is 0 Å². The zero-order chi connectivity index (χ0) is 14.7. The van der Waals surface area contributed by atoms with Gasteiger partial charge in [-0.3, -0.25) is 4.79 Å². The van der Waals surface area contributed by atoms with Crippen molar-refractivity contribution in [2.45, 2.75) is 57.9 Å². The molecule has 0 amide bonds. The molecule has 0 heterocycles. The topological polar surface area (TPSA) is 41.6 Å². The number of methoxy groups -OCH3 is 1. The van der Waals surface area contributed by atoms with E-state index < -0.39 is 5.54 Å². The molecule has 0 aliphatic carbocycles. The van der Waals surface area contributed by atoms with Crippen LogP contribution in [-0.4, -0.2) is 50.7 Å². The fourth-order valence-electron chi connectivity index (χ4n) is 2.16. The Balaban J connectivity index is 3.80. The van der Waals surface area contributed by atoms with Crippen molar-refractivity contribution in [3.8, 4) is 0 Å². The number of rotatable bonds is 11. The predicted octanol–water partition coefficient (Wildman–Crippen LogP) is 2.43. The van der Waals surface area contributed by atoms with Crippen molar-refractivity contribution >= 4 is 5.97 Å². The molecule has 4 heteroatoms. The van der Waals surface area contributed by atoms with Gasteiger partial charge in [-0.25, -0.2) is 0 Å². The van der Waals surface area contributed by atoms with E-state index in [0.29, 0.717) is 0 Å². The predicted molar refractivity (Wildman–Crippen MR) is 80.4 cm³/mol. The second kappa shape index (κ2) is 10.2. The molecule has 0 aromatic rings. The summed E-state index contributed by atoms with van der Waals surface area (Å²) in [7, 11) is 5.43. The Morgan fingerprint density at radius 1 is 1.21 bits per heavy atom. The quantitative estimate of drug-likeness (QED) is 0.463. The van der Waals surface area contributed by atoms with Crippen LogP contribution in [0.1, 0.15) is 52.4 Å². The van der Waals surface area contributed by atoms with Crippen molar-refractivity contribution in [2.24, 2.45) is 0 Å². The van der Waals surface area contributed by atoms with E-state index in [0.717, 1.165) is 25.8 Å². The van der Waals surface area contributed by atoms with E-state index in [-0.39, 0.29) is 5.97 Å². The highest BCUT2D eigenvalue weighted by Crippen LogP contribution is 2.15. The maximum absolute atomic E-state index is 11.7. The SMILES string of the molecule is CCCCCN(C)CCCCC(C)(NC)C(=O)OC. The molecule has 0 aromatic carbocycles. The average molecular weight is 272 g/mol. The lowest BCUT2D eigenvalue weighted by atomic mass is 9.95. The Kier molecular flexibility index (Phi) is 9.88. The smallest absolute Gasteiger partial charge is 0.325 e. The number of hydrogen-bond donors (Lipinski definition) is 1. The van der Waals surface area contributed by atoms with E-state index in [9.17, 15) is 4.79 Å². The summed E-state index contributed by atoms with van der Waals surface area (Å²) in [6.45, 7) is 6.41. The average Bonchev–Trinajstić information content (AvgIpc) is 2.42. The Hall–Kier alpha value is -0.610. The molecular weight excluding hydrogens is 240 g/mol. The minimum atomic E-state index is -0.546. The molecule has 0 aromatic heterocycles. The van der Waals surface area contributed by atoms with Crippen LogP contribution in [0.5, 0.6) is 0 Å². The van der Waals surface area contributed by atoms with Crippen LogP contribution < -0.4 is 5.32 Å². The van der Waals surface area contributed by atoms with Gasteiger partial charge >= 0.3 is 5.97 Å². The Morgan fingerprint density at radius 3 is 2.26 bits per heavy atom. The van der Waals surface area contributed by atoms with Crippen LogP contribution >= 0.6 is 0 Å². The van der Waals surface area contributed by atoms with Gasteiger partial charge in [0.25, 0.3) is 0 Å². The lowest BCUT2D eigenvalue weighted by molar-refractivity contribution is -0.148. The van der Waals surface area contributed by atoms with E-state index in [1.54, 1.807) is 0 Å². The van der Waals surface area contributed by atoms with Crippen molar-refractivity contribution in [1.29, 1.82) is 0 Å². The third-order valence-electron chi connectivity index (χ3n) is 3.80. The molecule has 0 radical (unpaired) electrons. The standard InChI is InChI=1S/C15H32N2O2/c1-6-7-9-12-17(4)13-10-8-11-15(2,16-3)14(18)19-5/h16H,6-13H2,1-5H3. The third-order valence-corrected chi connectivity index (χ3v) is 3.80. The first kappa shape index (κ1) is 18.4. The lowest BCUT2D eigenvalue weighted by Crippen LogP contribution is -2.48. The number of hydrogen-bond acceptors (Lipinski definition) is 4. The summed E-state index contributed by atoms with van der Waals surface area (Å²) < 4.78 is 4.84. The van der Waals surface area contributed by atoms with E-state index in [1.165, 1.54) is 32.9 Å². The van der Waals surface area contributed by atoms with Crippen molar-refractivity contribution < 1.29 is 9.53 Å². The fourth-order valence-corrected chi connectivity index (χ4v) is 2.16. The molecule has 19 heavy (non-hydrogen) atoms. The zero-order valence-corrected chi connectivity index (χ0v) is 13.4. The molecule has 4 nitrogen and oxygen atoms in total. The number of ether oxygens (including phenoxy) is 1. The van der Waals surface area contributed by atoms with Crippen LogP contribution in [0.15, 0.2) is 0 Å². The van der Waals surface area contributed by atoms with Gasteiger partial charge in [-0.1, -0.05) is 19.8 Å². The highest BCUT2D eigenvalue weighted by atomic mass is 16.5.